The van der Waals surface area contributed by atoms with Crippen LogP contribution in [0.15, 0.2) is 72.8 Å². The summed E-state index contributed by atoms with van der Waals surface area (Å²) in [5, 5.41) is 10.5. The smallest absolute Gasteiger partial charge is 0.416 e. The number of aliphatic carboxylic acids is 1. The number of aryl methyl sites for hydroxylation is 2. The van der Waals surface area contributed by atoms with Gasteiger partial charge in [0, 0.05) is 18.6 Å². The van der Waals surface area contributed by atoms with Gasteiger partial charge in [0.1, 0.15) is 10.8 Å². The normalized spacial score (nSPS) is 13.9. The van der Waals surface area contributed by atoms with E-state index in [2.05, 4.69) is 4.98 Å². The van der Waals surface area contributed by atoms with Gasteiger partial charge in [-0.2, -0.15) is 13.2 Å². The van der Waals surface area contributed by atoms with E-state index in [0.717, 1.165) is 39.4 Å². The van der Waals surface area contributed by atoms with Crippen molar-refractivity contribution in [3.63, 3.8) is 0 Å². The van der Waals surface area contributed by atoms with Crippen LogP contribution in [-0.2, 0) is 22.1 Å². The topological polar surface area (TPSA) is 68.7 Å². The van der Waals surface area contributed by atoms with E-state index >= 15 is 0 Å². The molecule has 0 saturated heterocycles. The fraction of sp³-hybridized carbons (Fsp3) is 0.312. The molecule has 4 rings (SSSR count). The van der Waals surface area contributed by atoms with E-state index in [0.29, 0.717) is 29.3 Å². The molecule has 0 radical (unpaired) electrons. The van der Waals surface area contributed by atoms with Crippen molar-refractivity contribution in [3.05, 3.63) is 106 Å². The minimum absolute atomic E-state index is 0.228. The number of ether oxygens (including phenoxy) is 2. The Hall–Kier alpha value is -3.69. The van der Waals surface area contributed by atoms with Crippen molar-refractivity contribution < 1.29 is 32.5 Å². The molecular formula is C32H32F3NO4S. The Morgan fingerprint density at radius 2 is 1.68 bits per heavy atom. The lowest BCUT2D eigenvalue weighted by Gasteiger charge is -2.29. The SMILES string of the molecule is CCOC(CC)(Cc1ccc(OC(c2ccccc2)c2sc(-c3ccc(C(F)(F)F)cc3)nc2C)cc1C)C(=O)O. The zero-order valence-corrected chi connectivity index (χ0v) is 24.1. The Kier molecular flexibility index (Phi) is 9.19. The number of hydrogen-bond acceptors (Lipinski definition) is 5. The van der Waals surface area contributed by atoms with E-state index in [1.54, 1.807) is 13.8 Å². The van der Waals surface area contributed by atoms with Crippen LogP contribution in [0.3, 0.4) is 0 Å². The van der Waals surface area contributed by atoms with Crippen molar-refractivity contribution in [1.29, 1.82) is 0 Å². The number of carboxylic acid groups (broad SMARTS) is 1. The molecule has 0 spiro atoms. The minimum atomic E-state index is -4.41. The zero-order valence-electron chi connectivity index (χ0n) is 23.3. The van der Waals surface area contributed by atoms with Crippen molar-refractivity contribution in [2.24, 2.45) is 0 Å². The summed E-state index contributed by atoms with van der Waals surface area (Å²) in [5.74, 6) is -0.395. The molecule has 0 amide bonds. The third kappa shape index (κ3) is 6.80. The van der Waals surface area contributed by atoms with Gasteiger partial charge in [0.05, 0.1) is 16.1 Å². The minimum Gasteiger partial charge on any atom is -0.480 e. The highest BCUT2D eigenvalue weighted by Crippen LogP contribution is 2.39. The summed E-state index contributed by atoms with van der Waals surface area (Å²) in [5.41, 5.74) is 1.93. The maximum absolute atomic E-state index is 13.1. The van der Waals surface area contributed by atoms with Crippen LogP contribution in [0.1, 0.15) is 59.2 Å². The number of halogens is 3. The van der Waals surface area contributed by atoms with Gasteiger partial charge in [0.15, 0.2) is 11.7 Å². The van der Waals surface area contributed by atoms with Crippen LogP contribution < -0.4 is 4.74 Å². The Labute approximate surface area is 241 Å². The molecule has 0 aliphatic rings. The predicted molar refractivity (Wildman–Crippen MR) is 153 cm³/mol. The summed E-state index contributed by atoms with van der Waals surface area (Å²) in [6, 6.07) is 20.2. The van der Waals surface area contributed by atoms with Crippen molar-refractivity contribution in [2.45, 2.75) is 58.4 Å². The van der Waals surface area contributed by atoms with E-state index in [1.165, 1.54) is 23.5 Å². The summed E-state index contributed by atoms with van der Waals surface area (Å²) in [6.45, 7) is 7.65. The number of thiazole rings is 1. The first-order valence-corrected chi connectivity index (χ1v) is 14.1. The van der Waals surface area contributed by atoms with Gasteiger partial charge < -0.3 is 14.6 Å². The molecule has 4 aromatic rings. The predicted octanol–water partition coefficient (Wildman–Crippen LogP) is 8.43. The number of aromatic nitrogens is 1. The highest BCUT2D eigenvalue weighted by molar-refractivity contribution is 7.15. The molecule has 3 aromatic carbocycles. The van der Waals surface area contributed by atoms with E-state index in [4.69, 9.17) is 9.47 Å². The van der Waals surface area contributed by atoms with Crippen molar-refractivity contribution >= 4 is 17.3 Å². The van der Waals surface area contributed by atoms with Crippen LogP contribution in [0.5, 0.6) is 5.75 Å². The zero-order chi connectivity index (χ0) is 29.8. The number of alkyl halides is 3. The lowest BCUT2D eigenvalue weighted by molar-refractivity contribution is -0.166. The second kappa shape index (κ2) is 12.4. The first kappa shape index (κ1) is 30.3. The van der Waals surface area contributed by atoms with Gasteiger partial charge in [-0.1, -0.05) is 55.5 Å². The third-order valence-corrected chi connectivity index (χ3v) is 8.31. The van der Waals surface area contributed by atoms with E-state index in [-0.39, 0.29) is 6.42 Å². The Morgan fingerprint density at radius 1 is 1.00 bits per heavy atom. The van der Waals surface area contributed by atoms with Crippen LogP contribution in [0.4, 0.5) is 13.2 Å². The Bertz CT molecular complexity index is 1490. The highest BCUT2D eigenvalue weighted by atomic mass is 32.1. The Morgan fingerprint density at radius 3 is 2.24 bits per heavy atom. The fourth-order valence-electron chi connectivity index (χ4n) is 4.70. The average molecular weight is 584 g/mol. The molecule has 0 fully saturated rings. The van der Waals surface area contributed by atoms with Crippen molar-refractivity contribution in [1.82, 2.24) is 4.98 Å². The van der Waals surface area contributed by atoms with Gasteiger partial charge >= 0.3 is 12.1 Å². The number of hydrogen-bond donors (Lipinski definition) is 1. The molecule has 5 nitrogen and oxygen atoms in total. The quantitative estimate of drug-likeness (QED) is 0.192. The molecule has 2 unspecified atom stereocenters. The molecule has 1 aromatic heterocycles. The molecule has 0 aliphatic carbocycles. The number of nitrogens with zero attached hydrogens (tertiary/aromatic N) is 1. The molecule has 0 aliphatic heterocycles. The summed E-state index contributed by atoms with van der Waals surface area (Å²) in [4.78, 5) is 17.6. The Balaban J connectivity index is 1.66. The molecule has 0 saturated carbocycles. The summed E-state index contributed by atoms with van der Waals surface area (Å²) in [7, 11) is 0. The van der Waals surface area contributed by atoms with Gasteiger partial charge in [0.25, 0.3) is 0 Å². The molecule has 2 atom stereocenters. The van der Waals surface area contributed by atoms with E-state index in [9.17, 15) is 23.1 Å². The second-order valence-electron chi connectivity index (χ2n) is 9.80. The first-order chi connectivity index (χ1) is 19.5. The summed E-state index contributed by atoms with van der Waals surface area (Å²) < 4.78 is 51.4. The molecule has 1 heterocycles. The van der Waals surface area contributed by atoms with Gasteiger partial charge in [-0.3, -0.25) is 0 Å². The van der Waals surface area contributed by atoms with Crippen LogP contribution >= 0.6 is 11.3 Å². The number of rotatable bonds is 11. The average Bonchev–Trinajstić information content (AvgIpc) is 3.33. The molecule has 0 bridgehead atoms. The van der Waals surface area contributed by atoms with Gasteiger partial charge in [-0.05, 0) is 68.1 Å². The van der Waals surface area contributed by atoms with Crippen LogP contribution in [0.2, 0.25) is 0 Å². The lowest BCUT2D eigenvalue weighted by atomic mass is 9.89. The molecular weight excluding hydrogens is 551 g/mol. The first-order valence-electron chi connectivity index (χ1n) is 13.3. The molecule has 1 N–H and O–H groups in total. The van der Waals surface area contributed by atoms with Gasteiger partial charge in [-0.25, -0.2) is 9.78 Å². The number of carboxylic acids is 1. The molecule has 41 heavy (non-hydrogen) atoms. The largest absolute Gasteiger partial charge is 0.480 e. The third-order valence-electron chi connectivity index (χ3n) is 7.06. The van der Waals surface area contributed by atoms with Crippen LogP contribution in [0.25, 0.3) is 10.6 Å². The van der Waals surface area contributed by atoms with Crippen LogP contribution in [-0.4, -0.2) is 28.3 Å². The molecule has 9 heteroatoms. The van der Waals surface area contributed by atoms with Crippen molar-refractivity contribution in [3.8, 4) is 16.3 Å². The van der Waals surface area contributed by atoms with Gasteiger partial charge in [-0.15, -0.1) is 11.3 Å². The monoisotopic (exact) mass is 583 g/mol. The standard InChI is InChI=1S/C32H32F3NO4S/c1-5-31(30(37)38,39-6-2)19-24-14-17-26(18-20(24)3)40-27(22-10-8-7-9-11-22)28-21(4)36-29(41-28)23-12-15-25(16-13-23)32(33,34)35/h7-18,27H,5-6,19H2,1-4H3,(H,37,38). The van der Waals surface area contributed by atoms with Crippen molar-refractivity contribution in [2.75, 3.05) is 6.61 Å². The van der Waals surface area contributed by atoms with Gasteiger partial charge in [0.2, 0.25) is 0 Å². The van der Waals surface area contributed by atoms with Crippen LogP contribution in [0, 0.1) is 13.8 Å². The number of carbonyl (C=O) groups is 1. The highest BCUT2D eigenvalue weighted by Gasteiger charge is 2.38. The fourth-order valence-corrected chi connectivity index (χ4v) is 5.83. The summed E-state index contributed by atoms with van der Waals surface area (Å²) in [6.07, 6.45) is -4.36. The van der Waals surface area contributed by atoms with E-state index < -0.39 is 29.4 Å². The number of benzene rings is 3. The second-order valence-corrected chi connectivity index (χ2v) is 10.8. The lowest BCUT2D eigenvalue weighted by Crippen LogP contribution is -2.43. The maximum Gasteiger partial charge on any atom is 0.416 e. The summed E-state index contributed by atoms with van der Waals surface area (Å²) >= 11 is 1.38. The van der Waals surface area contributed by atoms with E-state index in [1.807, 2.05) is 62.4 Å². The maximum atomic E-state index is 13.1. The molecule has 216 valence electrons.